The van der Waals surface area contributed by atoms with Crippen molar-refractivity contribution in [2.45, 2.75) is 25.3 Å². The summed E-state index contributed by atoms with van der Waals surface area (Å²) in [5.41, 5.74) is 0. The van der Waals surface area contributed by atoms with E-state index >= 15 is 0 Å². The number of thioether (sulfide) groups is 1. The average Bonchev–Trinajstić information content (AvgIpc) is 2.90. The predicted molar refractivity (Wildman–Crippen MR) is 71.3 cm³/mol. The topological polar surface area (TPSA) is 49.3 Å². The molecule has 0 amide bonds. The van der Waals surface area contributed by atoms with Crippen molar-refractivity contribution in [3.05, 3.63) is 12.2 Å². The van der Waals surface area contributed by atoms with Crippen molar-refractivity contribution in [3.63, 3.8) is 0 Å². The molecular formula is C13H21NO2S. The van der Waals surface area contributed by atoms with Gasteiger partial charge in [-0.05, 0) is 55.6 Å². The van der Waals surface area contributed by atoms with Crippen LogP contribution in [0.15, 0.2) is 12.2 Å². The van der Waals surface area contributed by atoms with Gasteiger partial charge in [0.15, 0.2) is 0 Å². The molecule has 17 heavy (non-hydrogen) atoms. The molecule has 96 valence electrons. The molecule has 0 aromatic carbocycles. The number of hydrogen-bond donors (Lipinski definition) is 2. The summed E-state index contributed by atoms with van der Waals surface area (Å²) in [6.45, 7) is 0.858. The number of fused-ring (bicyclic) bond motifs is 2. The van der Waals surface area contributed by atoms with Crippen LogP contribution in [0.2, 0.25) is 0 Å². The van der Waals surface area contributed by atoms with Crippen molar-refractivity contribution in [1.82, 2.24) is 5.32 Å². The fraction of sp³-hybridized carbons (Fsp3) is 0.769. The molecule has 0 unspecified atom stereocenters. The summed E-state index contributed by atoms with van der Waals surface area (Å²) in [4.78, 5) is 11.1. The lowest BCUT2D eigenvalue weighted by atomic mass is 9.93. The first-order valence-corrected chi connectivity index (χ1v) is 7.73. The van der Waals surface area contributed by atoms with Gasteiger partial charge < -0.3 is 10.4 Å². The molecule has 2 aliphatic carbocycles. The van der Waals surface area contributed by atoms with Crippen LogP contribution in [0, 0.1) is 17.8 Å². The zero-order chi connectivity index (χ0) is 12.3. The lowest BCUT2D eigenvalue weighted by Crippen LogP contribution is -2.40. The number of carboxylic acid groups (broad SMARTS) is 1. The predicted octanol–water partition coefficient (Wildman–Crippen LogP) is 1.99. The van der Waals surface area contributed by atoms with Crippen molar-refractivity contribution in [2.24, 2.45) is 17.8 Å². The van der Waals surface area contributed by atoms with Gasteiger partial charge in [-0.1, -0.05) is 12.2 Å². The number of allylic oxidation sites excluding steroid dienone is 2. The Labute approximate surface area is 107 Å². The molecule has 2 bridgehead atoms. The van der Waals surface area contributed by atoms with E-state index in [-0.39, 0.29) is 6.04 Å². The minimum atomic E-state index is -0.710. The van der Waals surface area contributed by atoms with Crippen LogP contribution in [0.25, 0.3) is 0 Å². The molecular weight excluding hydrogens is 234 g/mol. The van der Waals surface area contributed by atoms with E-state index in [1.807, 2.05) is 6.26 Å². The second-order valence-electron chi connectivity index (χ2n) is 5.12. The van der Waals surface area contributed by atoms with Crippen LogP contribution in [0.1, 0.15) is 19.3 Å². The Balaban J connectivity index is 1.75. The highest BCUT2D eigenvalue weighted by Gasteiger charge is 2.35. The quantitative estimate of drug-likeness (QED) is 0.683. The molecule has 2 N–H and O–H groups in total. The van der Waals surface area contributed by atoms with Crippen molar-refractivity contribution in [3.8, 4) is 0 Å². The van der Waals surface area contributed by atoms with Gasteiger partial charge in [-0.15, -0.1) is 0 Å². The minimum Gasteiger partial charge on any atom is -0.480 e. The Bertz CT molecular complexity index is 306. The van der Waals surface area contributed by atoms with Crippen LogP contribution in [0.3, 0.4) is 0 Å². The SMILES string of the molecule is CSCC[C@H](NC[C@H]1C[C@H]2C=C[C@H]1C2)C(=O)O. The van der Waals surface area contributed by atoms with E-state index in [0.717, 1.165) is 18.2 Å². The number of rotatable bonds is 7. The van der Waals surface area contributed by atoms with Crippen LogP contribution in [0.4, 0.5) is 0 Å². The first-order chi connectivity index (χ1) is 8.20. The third-order valence-corrected chi connectivity index (χ3v) is 4.60. The van der Waals surface area contributed by atoms with Gasteiger partial charge in [0.05, 0.1) is 0 Å². The molecule has 2 aliphatic rings. The van der Waals surface area contributed by atoms with Gasteiger partial charge in [0.1, 0.15) is 6.04 Å². The van der Waals surface area contributed by atoms with Gasteiger partial charge >= 0.3 is 5.97 Å². The third-order valence-electron chi connectivity index (χ3n) is 3.95. The lowest BCUT2D eigenvalue weighted by Gasteiger charge is -2.21. The number of hydrogen-bond acceptors (Lipinski definition) is 3. The van der Waals surface area contributed by atoms with E-state index in [1.54, 1.807) is 11.8 Å². The summed E-state index contributed by atoms with van der Waals surface area (Å²) in [6, 6.07) is -0.370. The largest absolute Gasteiger partial charge is 0.480 e. The molecule has 0 aromatic heterocycles. The molecule has 4 atom stereocenters. The maximum Gasteiger partial charge on any atom is 0.320 e. The Morgan fingerprint density at radius 1 is 1.53 bits per heavy atom. The van der Waals surface area contributed by atoms with E-state index in [9.17, 15) is 4.79 Å². The Morgan fingerprint density at radius 3 is 2.88 bits per heavy atom. The molecule has 2 rings (SSSR count). The third kappa shape index (κ3) is 3.26. The zero-order valence-electron chi connectivity index (χ0n) is 10.3. The summed E-state index contributed by atoms with van der Waals surface area (Å²) >= 11 is 1.70. The normalized spacial score (nSPS) is 31.9. The lowest BCUT2D eigenvalue weighted by molar-refractivity contribution is -0.139. The van der Waals surface area contributed by atoms with Gasteiger partial charge in [-0.3, -0.25) is 4.79 Å². The number of carboxylic acids is 1. The smallest absolute Gasteiger partial charge is 0.320 e. The summed E-state index contributed by atoms with van der Waals surface area (Å²) in [6.07, 6.45) is 9.90. The average molecular weight is 255 g/mol. The van der Waals surface area contributed by atoms with Crippen LogP contribution < -0.4 is 5.32 Å². The van der Waals surface area contributed by atoms with Crippen LogP contribution in [-0.4, -0.2) is 35.7 Å². The fourth-order valence-corrected chi connectivity index (χ4v) is 3.44. The molecule has 1 fully saturated rings. The Morgan fingerprint density at radius 2 is 2.35 bits per heavy atom. The summed E-state index contributed by atoms with van der Waals surface area (Å²) in [5, 5.41) is 12.4. The standard InChI is InChI=1S/C13H21NO2S/c1-17-5-4-12(13(15)16)14-8-11-7-9-2-3-10(11)6-9/h2-3,9-12,14H,4-8H2,1H3,(H,15,16)/t9-,10-,11+,12-/m0/s1. The first kappa shape index (κ1) is 13.0. The highest BCUT2D eigenvalue weighted by Crippen LogP contribution is 2.42. The maximum absolute atomic E-state index is 11.1. The second kappa shape index (κ2) is 5.91. The van der Waals surface area contributed by atoms with E-state index in [1.165, 1.54) is 12.8 Å². The van der Waals surface area contributed by atoms with Gasteiger partial charge in [0.25, 0.3) is 0 Å². The molecule has 3 nitrogen and oxygen atoms in total. The zero-order valence-corrected chi connectivity index (χ0v) is 11.1. The molecule has 0 heterocycles. The van der Waals surface area contributed by atoms with E-state index in [0.29, 0.717) is 18.3 Å². The summed E-state index contributed by atoms with van der Waals surface area (Å²) in [5.74, 6) is 2.31. The van der Waals surface area contributed by atoms with Gasteiger partial charge in [-0.2, -0.15) is 11.8 Å². The second-order valence-corrected chi connectivity index (χ2v) is 6.11. The first-order valence-electron chi connectivity index (χ1n) is 6.34. The molecule has 0 radical (unpaired) electrons. The fourth-order valence-electron chi connectivity index (χ4n) is 2.97. The van der Waals surface area contributed by atoms with Crippen LogP contribution >= 0.6 is 11.8 Å². The maximum atomic E-state index is 11.1. The Hall–Kier alpha value is -0.480. The van der Waals surface area contributed by atoms with Crippen molar-refractivity contribution >= 4 is 17.7 Å². The highest BCUT2D eigenvalue weighted by atomic mass is 32.2. The van der Waals surface area contributed by atoms with Crippen molar-refractivity contribution in [1.29, 1.82) is 0 Å². The summed E-state index contributed by atoms with van der Waals surface area (Å²) in [7, 11) is 0. The van der Waals surface area contributed by atoms with Crippen LogP contribution in [-0.2, 0) is 4.79 Å². The molecule has 0 spiro atoms. The van der Waals surface area contributed by atoms with Gasteiger partial charge in [-0.25, -0.2) is 0 Å². The van der Waals surface area contributed by atoms with E-state index in [2.05, 4.69) is 17.5 Å². The Kier molecular flexibility index (Phi) is 4.51. The summed E-state index contributed by atoms with van der Waals surface area (Å²) < 4.78 is 0. The number of nitrogens with one attached hydrogen (secondary N) is 1. The van der Waals surface area contributed by atoms with Crippen molar-refractivity contribution in [2.75, 3.05) is 18.6 Å². The van der Waals surface area contributed by atoms with E-state index in [4.69, 9.17) is 5.11 Å². The molecule has 4 heteroatoms. The minimum absolute atomic E-state index is 0.370. The number of aliphatic carboxylic acids is 1. The molecule has 0 aromatic rings. The van der Waals surface area contributed by atoms with Gasteiger partial charge in [0.2, 0.25) is 0 Å². The van der Waals surface area contributed by atoms with E-state index < -0.39 is 5.97 Å². The van der Waals surface area contributed by atoms with Crippen LogP contribution in [0.5, 0.6) is 0 Å². The van der Waals surface area contributed by atoms with Crippen molar-refractivity contribution < 1.29 is 9.90 Å². The monoisotopic (exact) mass is 255 g/mol. The van der Waals surface area contributed by atoms with Gasteiger partial charge in [0, 0.05) is 0 Å². The molecule has 0 aliphatic heterocycles. The number of carbonyl (C=O) groups is 1. The molecule has 1 saturated carbocycles. The molecule has 0 saturated heterocycles. The highest BCUT2D eigenvalue weighted by molar-refractivity contribution is 7.98.